The number of ether oxygens (including phenoxy) is 1. The first-order valence-corrected chi connectivity index (χ1v) is 8.68. The van der Waals surface area contributed by atoms with Crippen molar-refractivity contribution in [3.63, 3.8) is 0 Å². The van der Waals surface area contributed by atoms with Gasteiger partial charge in [-0.05, 0) is 44.1 Å². The number of hydrogen-bond donors (Lipinski definition) is 1. The van der Waals surface area contributed by atoms with Crippen LogP contribution in [0, 0.1) is 11.3 Å². The van der Waals surface area contributed by atoms with Gasteiger partial charge in [0.1, 0.15) is 0 Å². The summed E-state index contributed by atoms with van der Waals surface area (Å²) in [7, 11) is 0. The summed E-state index contributed by atoms with van der Waals surface area (Å²) in [6.07, 6.45) is 7.27. The molecule has 0 amide bonds. The van der Waals surface area contributed by atoms with E-state index in [2.05, 4.69) is 31.0 Å². The molecular formula is C17H34N2O. The fourth-order valence-corrected chi connectivity index (χ4v) is 3.80. The molecule has 2 aliphatic rings. The third-order valence-corrected chi connectivity index (χ3v) is 5.15. The molecular weight excluding hydrogens is 248 g/mol. The molecule has 118 valence electrons. The molecule has 0 radical (unpaired) electrons. The fourth-order valence-electron chi connectivity index (χ4n) is 3.80. The van der Waals surface area contributed by atoms with Crippen molar-refractivity contribution >= 4 is 0 Å². The van der Waals surface area contributed by atoms with Crippen molar-refractivity contribution < 1.29 is 4.74 Å². The molecule has 3 nitrogen and oxygen atoms in total. The lowest BCUT2D eigenvalue weighted by atomic mass is 9.70. The molecule has 1 aliphatic heterocycles. The van der Waals surface area contributed by atoms with Crippen molar-refractivity contribution in [2.45, 2.75) is 59.0 Å². The molecule has 1 saturated heterocycles. The van der Waals surface area contributed by atoms with Gasteiger partial charge < -0.3 is 10.1 Å². The zero-order chi connectivity index (χ0) is 14.4. The van der Waals surface area contributed by atoms with E-state index in [1.165, 1.54) is 45.2 Å². The second-order valence-electron chi connectivity index (χ2n) is 7.28. The summed E-state index contributed by atoms with van der Waals surface area (Å²) in [6.45, 7) is 13.7. The molecule has 3 heteroatoms. The first-order chi connectivity index (χ1) is 9.63. The van der Waals surface area contributed by atoms with Crippen LogP contribution < -0.4 is 5.32 Å². The average Bonchev–Trinajstić information content (AvgIpc) is 2.43. The number of nitrogens with zero attached hydrogens (tertiary/aromatic N) is 1. The van der Waals surface area contributed by atoms with Crippen LogP contribution >= 0.6 is 0 Å². The average molecular weight is 282 g/mol. The Balaban J connectivity index is 1.91. The second-order valence-corrected chi connectivity index (χ2v) is 7.28. The molecule has 0 aromatic rings. The van der Waals surface area contributed by atoms with Gasteiger partial charge in [0.15, 0.2) is 0 Å². The summed E-state index contributed by atoms with van der Waals surface area (Å²) >= 11 is 0. The van der Waals surface area contributed by atoms with Crippen LogP contribution in [0.1, 0.15) is 52.9 Å². The monoisotopic (exact) mass is 282 g/mol. The molecule has 2 rings (SSSR count). The molecule has 2 fully saturated rings. The number of morpholine rings is 1. The van der Waals surface area contributed by atoms with Crippen molar-refractivity contribution in [3.05, 3.63) is 0 Å². The van der Waals surface area contributed by atoms with E-state index in [1.807, 2.05) is 0 Å². The van der Waals surface area contributed by atoms with Gasteiger partial charge in [0.05, 0.1) is 12.7 Å². The van der Waals surface area contributed by atoms with Crippen LogP contribution in [0.2, 0.25) is 0 Å². The largest absolute Gasteiger partial charge is 0.376 e. The Hall–Kier alpha value is -0.120. The molecule has 1 unspecified atom stereocenters. The van der Waals surface area contributed by atoms with Crippen LogP contribution in [0.4, 0.5) is 0 Å². The first kappa shape index (κ1) is 16.3. The summed E-state index contributed by atoms with van der Waals surface area (Å²) in [5.74, 6) is 0.929. The minimum Gasteiger partial charge on any atom is -0.376 e. The molecule has 0 aromatic heterocycles. The summed E-state index contributed by atoms with van der Waals surface area (Å²) in [5, 5.41) is 3.70. The fraction of sp³-hybridized carbons (Fsp3) is 1.00. The maximum Gasteiger partial charge on any atom is 0.0674 e. The van der Waals surface area contributed by atoms with Crippen molar-refractivity contribution in [1.29, 1.82) is 0 Å². The predicted molar refractivity (Wildman–Crippen MR) is 85.1 cm³/mol. The van der Waals surface area contributed by atoms with Crippen molar-refractivity contribution in [3.8, 4) is 0 Å². The van der Waals surface area contributed by atoms with E-state index in [-0.39, 0.29) is 0 Å². The smallest absolute Gasteiger partial charge is 0.0674 e. The molecule has 1 N–H and O–H groups in total. The van der Waals surface area contributed by atoms with Crippen LogP contribution in [-0.2, 0) is 4.74 Å². The molecule has 0 aromatic carbocycles. The predicted octanol–water partition coefficient (Wildman–Crippen LogP) is 2.90. The van der Waals surface area contributed by atoms with Gasteiger partial charge in [-0.1, -0.05) is 26.7 Å². The van der Waals surface area contributed by atoms with Crippen LogP contribution in [0.5, 0.6) is 0 Å². The molecule has 1 aliphatic carbocycles. The molecule has 0 spiro atoms. The first-order valence-electron chi connectivity index (χ1n) is 8.68. The molecule has 1 atom stereocenters. The zero-order valence-electron chi connectivity index (χ0n) is 13.8. The summed E-state index contributed by atoms with van der Waals surface area (Å²) in [5.41, 5.74) is 0.513. The lowest BCUT2D eigenvalue weighted by molar-refractivity contribution is -0.0385. The van der Waals surface area contributed by atoms with E-state index in [0.29, 0.717) is 11.5 Å². The van der Waals surface area contributed by atoms with Gasteiger partial charge in [-0.25, -0.2) is 0 Å². The van der Waals surface area contributed by atoms with Crippen LogP contribution in [0.3, 0.4) is 0 Å². The van der Waals surface area contributed by atoms with Gasteiger partial charge in [-0.3, -0.25) is 4.90 Å². The summed E-state index contributed by atoms with van der Waals surface area (Å²) in [4.78, 5) is 2.65. The van der Waals surface area contributed by atoms with Crippen LogP contribution in [0.15, 0.2) is 0 Å². The minimum absolute atomic E-state index is 0.409. The maximum absolute atomic E-state index is 5.69. The Morgan fingerprint density at radius 1 is 1.25 bits per heavy atom. The zero-order valence-corrected chi connectivity index (χ0v) is 13.8. The highest BCUT2D eigenvalue weighted by molar-refractivity contribution is 4.90. The van der Waals surface area contributed by atoms with E-state index in [9.17, 15) is 0 Å². The van der Waals surface area contributed by atoms with E-state index in [1.54, 1.807) is 0 Å². The quantitative estimate of drug-likeness (QED) is 0.758. The van der Waals surface area contributed by atoms with E-state index >= 15 is 0 Å². The Kier molecular flexibility index (Phi) is 6.31. The topological polar surface area (TPSA) is 24.5 Å². The highest BCUT2D eigenvalue weighted by Gasteiger charge is 2.36. The summed E-state index contributed by atoms with van der Waals surface area (Å²) < 4.78 is 5.69. The molecule has 0 bridgehead atoms. The number of hydrogen-bond acceptors (Lipinski definition) is 3. The van der Waals surface area contributed by atoms with Gasteiger partial charge in [-0.15, -0.1) is 0 Å². The Morgan fingerprint density at radius 2 is 2.00 bits per heavy atom. The normalized spacial score (nSPS) is 36.1. The molecule has 1 heterocycles. The molecule has 1 saturated carbocycles. The maximum atomic E-state index is 5.69. The van der Waals surface area contributed by atoms with Crippen molar-refractivity contribution in [2.75, 3.05) is 39.3 Å². The van der Waals surface area contributed by atoms with E-state index < -0.39 is 0 Å². The van der Waals surface area contributed by atoms with Gasteiger partial charge in [0, 0.05) is 26.2 Å². The van der Waals surface area contributed by atoms with Gasteiger partial charge in [0.25, 0.3) is 0 Å². The van der Waals surface area contributed by atoms with Gasteiger partial charge in [0.2, 0.25) is 0 Å². The van der Waals surface area contributed by atoms with Crippen molar-refractivity contribution in [2.24, 2.45) is 11.3 Å². The Bertz CT molecular complexity index is 274. The van der Waals surface area contributed by atoms with Crippen LogP contribution in [-0.4, -0.2) is 50.3 Å². The highest BCUT2D eigenvalue weighted by Crippen LogP contribution is 2.39. The molecule has 20 heavy (non-hydrogen) atoms. The Labute approximate surface area is 125 Å². The van der Waals surface area contributed by atoms with Gasteiger partial charge >= 0.3 is 0 Å². The number of rotatable bonds is 6. The van der Waals surface area contributed by atoms with Gasteiger partial charge in [-0.2, -0.15) is 0 Å². The third-order valence-electron chi connectivity index (χ3n) is 5.15. The van der Waals surface area contributed by atoms with Crippen LogP contribution in [0.25, 0.3) is 0 Å². The number of nitrogens with one attached hydrogen (secondary N) is 1. The van der Waals surface area contributed by atoms with E-state index in [4.69, 9.17) is 4.74 Å². The lowest BCUT2D eigenvalue weighted by Gasteiger charge is -2.44. The third kappa shape index (κ3) is 4.71. The standard InChI is InChI=1S/C17H34N2O/c1-4-9-18-13-17(7-5-15(2)6-8-17)14-19-10-11-20-16(3)12-19/h15-16,18H,4-14H2,1-3H3. The van der Waals surface area contributed by atoms with E-state index in [0.717, 1.165) is 32.2 Å². The lowest BCUT2D eigenvalue weighted by Crippen LogP contribution is -2.50. The second kappa shape index (κ2) is 7.77. The summed E-state index contributed by atoms with van der Waals surface area (Å²) in [6, 6.07) is 0. The highest BCUT2D eigenvalue weighted by atomic mass is 16.5. The Morgan fingerprint density at radius 3 is 2.65 bits per heavy atom. The SMILES string of the molecule is CCCNCC1(CN2CCOC(C)C2)CCC(C)CC1. The minimum atomic E-state index is 0.409. The van der Waals surface area contributed by atoms with Crippen molar-refractivity contribution in [1.82, 2.24) is 10.2 Å².